The summed E-state index contributed by atoms with van der Waals surface area (Å²) < 4.78 is 0. The van der Waals surface area contributed by atoms with Crippen LogP contribution in [0.15, 0.2) is 21.7 Å². The average molecular weight is 369 g/mol. The van der Waals surface area contributed by atoms with Gasteiger partial charge < -0.3 is 15.7 Å². The number of carbonyl (C=O) groups excluding carboxylic acids is 1. The fourth-order valence-corrected chi connectivity index (χ4v) is 2.62. The third-order valence-corrected chi connectivity index (χ3v) is 4.31. The molecule has 3 N–H and O–H groups in total. The zero-order valence-electron chi connectivity index (χ0n) is 15.8. The van der Waals surface area contributed by atoms with Crippen molar-refractivity contribution in [2.24, 2.45) is 5.92 Å². The molecule has 0 saturated heterocycles. The van der Waals surface area contributed by atoms with E-state index < -0.39 is 10.9 Å². The number of phenols is 1. The fourth-order valence-electron chi connectivity index (χ4n) is 2.62. The summed E-state index contributed by atoms with van der Waals surface area (Å²) >= 11 is 0. The second-order valence-corrected chi connectivity index (χ2v) is 7.04. The Balaban J connectivity index is 2.45. The van der Waals surface area contributed by atoms with E-state index in [1.54, 1.807) is 0 Å². The van der Waals surface area contributed by atoms with Crippen LogP contribution in [-0.2, 0) is 0 Å². The van der Waals surface area contributed by atoms with Gasteiger partial charge in [-0.15, -0.1) is 0 Å². The van der Waals surface area contributed by atoms with Crippen molar-refractivity contribution in [1.82, 2.24) is 0 Å². The van der Waals surface area contributed by atoms with Gasteiger partial charge in [-0.2, -0.15) is 5.26 Å². The fraction of sp³-hybridized carbons (Fsp3) is 0.400. The third kappa shape index (κ3) is 4.17. The lowest BCUT2D eigenvalue weighted by atomic mass is 9.98. The highest BCUT2D eigenvalue weighted by Crippen LogP contribution is 2.34. The molecule has 0 aliphatic carbocycles. The molecule has 0 fully saturated rings. The zero-order chi connectivity index (χ0) is 20.3. The summed E-state index contributed by atoms with van der Waals surface area (Å²) in [5, 5.41) is 25.4. The molecular weight excluding hydrogens is 346 g/mol. The Morgan fingerprint density at radius 3 is 2.37 bits per heavy atom. The molecule has 7 nitrogen and oxygen atoms in total. The average Bonchev–Trinajstić information content (AvgIpc) is 2.64. The zero-order valence-corrected chi connectivity index (χ0v) is 15.8. The van der Waals surface area contributed by atoms with Gasteiger partial charge in [-0.25, -0.2) is 0 Å². The van der Waals surface area contributed by atoms with E-state index in [1.165, 1.54) is 12.1 Å². The van der Waals surface area contributed by atoms with Crippen molar-refractivity contribution in [3.8, 4) is 11.8 Å². The number of carbonyl (C=O) groups is 1. The maximum atomic E-state index is 12.4. The molecule has 2 rings (SSSR count). The van der Waals surface area contributed by atoms with Crippen molar-refractivity contribution in [2.75, 3.05) is 10.6 Å². The number of ketones is 1. The van der Waals surface area contributed by atoms with E-state index in [2.05, 4.69) is 10.6 Å². The molecule has 0 radical (unpaired) electrons. The minimum absolute atomic E-state index is 0.0142. The summed E-state index contributed by atoms with van der Waals surface area (Å²) in [6.45, 7) is 7.55. The second kappa shape index (κ2) is 8.04. The van der Waals surface area contributed by atoms with Crippen molar-refractivity contribution in [1.29, 1.82) is 5.26 Å². The monoisotopic (exact) mass is 369 g/mol. The van der Waals surface area contributed by atoms with Gasteiger partial charge in [-0.1, -0.05) is 20.8 Å². The number of Topliss-reactive ketones (excluding diaryl/α,β-unsaturated/α-hetero) is 1. The molecule has 0 aromatic heterocycles. The van der Waals surface area contributed by atoms with E-state index in [-0.39, 0.29) is 58.1 Å². The maximum absolute atomic E-state index is 12.4. The molecule has 0 unspecified atom stereocenters. The van der Waals surface area contributed by atoms with Gasteiger partial charge in [0.25, 0.3) is 10.9 Å². The number of hydrogen-bond acceptors (Lipinski definition) is 7. The van der Waals surface area contributed by atoms with E-state index in [4.69, 9.17) is 0 Å². The number of anilines is 3. The third-order valence-electron chi connectivity index (χ3n) is 4.31. The molecule has 0 bridgehead atoms. The molecule has 2 aromatic carbocycles. The minimum Gasteiger partial charge on any atom is -0.505 e. The van der Waals surface area contributed by atoms with Crippen LogP contribution in [-0.4, -0.2) is 16.9 Å². The van der Waals surface area contributed by atoms with Gasteiger partial charge in [0.1, 0.15) is 17.1 Å². The van der Waals surface area contributed by atoms with Crippen molar-refractivity contribution < 1.29 is 9.90 Å². The molecule has 1 atom stereocenters. The lowest BCUT2D eigenvalue weighted by molar-refractivity contribution is 0.0965. The number of nitrogens with one attached hydrogen (secondary N) is 2. The van der Waals surface area contributed by atoms with Gasteiger partial charge >= 0.3 is 0 Å². The molecule has 0 heterocycles. The van der Waals surface area contributed by atoms with Crippen LogP contribution in [0.1, 0.15) is 56.5 Å². The van der Waals surface area contributed by atoms with E-state index in [1.807, 2.05) is 33.8 Å². The molecule has 0 aliphatic heterocycles. The topological polar surface area (TPSA) is 119 Å². The van der Waals surface area contributed by atoms with E-state index in [0.717, 1.165) is 6.42 Å². The van der Waals surface area contributed by atoms with E-state index >= 15 is 0 Å². The van der Waals surface area contributed by atoms with Gasteiger partial charge in [0.05, 0.1) is 22.9 Å². The van der Waals surface area contributed by atoms with Crippen molar-refractivity contribution in [3.63, 3.8) is 0 Å². The van der Waals surface area contributed by atoms with Gasteiger partial charge in [-0.3, -0.25) is 14.4 Å². The van der Waals surface area contributed by atoms with Crippen molar-refractivity contribution in [3.05, 3.63) is 43.7 Å². The standard InChI is InChI=1S/C20H23N3O4/c1-5-11(4)22-16-17(20(27)19(16)26)23-14-8-12(9-21)7-13(18(14)25)15(24)6-10(2)3/h7-8,10-11,22-23,25H,5-6H2,1-4H3/t11-/m0/s1. The highest BCUT2D eigenvalue weighted by molar-refractivity contribution is 6.01. The summed E-state index contributed by atoms with van der Waals surface area (Å²) in [4.78, 5) is 36.2. The normalized spacial score (nSPS) is 12.0. The summed E-state index contributed by atoms with van der Waals surface area (Å²) in [5.74, 6) is -0.563. The smallest absolute Gasteiger partial charge is 0.253 e. The van der Waals surface area contributed by atoms with Gasteiger partial charge in [0.15, 0.2) is 5.78 Å². The number of hydrogen-bond donors (Lipinski definition) is 3. The number of rotatable bonds is 8. The number of nitriles is 1. The summed E-state index contributed by atoms with van der Waals surface area (Å²) in [6.07, 6.45) is 0.962. The molecular formula is C20H23N3O4. The summed E-state index contributed by atoms with van der Waals surface area (Å²) in [7, 11) is 0. The maximum Gasteiger partial charge on any atom is 0.253 e. The van der Waals surface area contributed by atoms with E-state index in [9.17, 15) is 24.8 Å². The first-order chi connectivity index (χ1) is 12.7. The summed E-state index contributed by atoms with van der Waals surface area (Å²) in [6, 6.07) is 4.58. The Kier molecular flexibility index (Phi) is 6.01. The van der Waals surface area contributed by atoms with Crippen LogP contribution in [0, 0.1) is 17.2 Å². The SMILES string of the molecule is CC[C@H](C)Nc1c(Nc2cc(C#N)cc(C(=O)CC(C)C)c2O)c(=O)c1=O. The number of nitrogens with zero attached hydrogens (tertiary/aromatic N) is 1. The Bertz CT molecular complexity index is 979. The lowest BCUT2D eigenvalue weighted by Gasteiger charge is -2.19. The predicted octanol–water partition coefficient (Wildman–Crippen LogP) is 3.04. The first-order valence-electron chi connectivity index (χ1n) is 8.86. The Hall–Kier alpha value is -3.14. The van der Waals surface area contributed by atoms with Crippen LogP contribution in [0.5, 0.6) is 5.75 Å². The van der Waals surface area contributed by atoms with Crippen molar-refractivity contribution >= 4 is 22.8 Å². The predicted molar refractivity (Wildman–Crippen MR) is 105 cm³/mol. The van der Waals surface area contributed by atoms with Gasteiger partial charge in [0.2, 0.25) is 0 Å². The molecule has 7 heteroatoms. The van der Waals surface area contributed by atoms with Gasteiger partial charge in [-0.05, 0) is 31.4 Å². The Morgan fingerprint density at radius 1 is 1.19 bits per heavy atom. The second-order valence-electron chi connectivity index (χ2n) is 7.04. The first-order valence-corrected chi connectivity index (χ1v) is 8.86. The highest BCUT2D eigenvalue weighted by Gasteiger charge is 2.24. The minimum atomic E-state index is -0.711. The molecule has 0 spiro atoms. The molecule has 0 aliphatic rings. The quantitative estimate of drug-likeness (QED) is 0.372. The summed E-state index contributed by atoms with van der Waals surface area (Å²) in [5.41, 5.74) is -0.958. The molecule has 142 valence electrons. The van der Waals surface area contributed by atoms with Gasteiger partial charge in [0, 0.05) is 12.5 Å². The number of aromatic hydroxyl groups is 1. The van der Waals surface area contributed by atoms with Crippen molar-refractivity contribution in [2.45, 2.75) is 46.6 Å². The van der Waals surface area contributed by atoms with Crippen LogP contribution in [0.4, 0.5) is 17.1 Å². The first kappa shape index (κ1) is 20.2. The van der Waals surface area contributed by atoms with Crippen LogP contribution in [0.25, 0.3) is 0 Å². The Labute approximate surface area is 157 Å². The highest BCUT2D eigenvalue weighted by atomic mass is 16.3. The number of phenolic OH excluding ortho intramolecular Hbond substituents is 1. The number of benzene rings is 1. The van der Waals surface area contributed by atoms with Crippen LogP contribution >= 0.6 is 0 Å². The van der Waals surface area contributed by atoms with Crippen LogP contribution < -0.4 is 21.5 Å². The van der Waals surface area contributed by atoms with Crippen LogP contribution in [0.2, 0.25) is 0 Å². The van der Waals surface area contributed by atoms with E-state index in [0.29, 0.717) is 0 Å². The van der Waals surface area contributed by atoms with Crippen LogP contribution in [0.3, 0.4) is 0 Å². The Morgan fingerprint density at radius 2 is 1.81 bits per heavy atom. The molecule has 2 aromatic rings. The lowest BCUT2D eigenvalue weighted by Crippen LogP contribution is -2.38. The molecule has 0 amide bonds. The molecule has 27 heavy (non-hydrogen) atoms. The molecule has 0 saturated carbocycles. The largest absolute Gasteiger partial charge is 0.505 e.